The number of anilines is 1. The highest BCUT2D eigenvalue weighted by Crippen LogP contribution is 2.16. The third-order valence-electron chi connectivity index (χ3n) is 3.18. The number of nitrogens with zero attached hydrogens (tertiary/aromatic N) is 3. The summed E-state index contributed by atoms with van der Waals surface area (Å²) in [4.78, 5) is 12.2. The first kappa shape index (κ1) is 14.3. The number of benzene rings is 2. The predicted octanol–water partition coefficient (Wildman–Crippen LogP) is 3.48. The summed E-state index contributed by atoms with van der Waals surface area (Å²) in [6.45, 7) is 1.92. The highest BCUT2D eigenvalue weighted by molar-refractivity contribution is 6.30. The Labute approximate surface area is 132 Å². The molecule has 0 aliphatic carbocycles. The molecular formula is C16H13ClN4O. The molecule has 0 fully saturated rings. The number of halogens is 1. The molecule has 110 valence electrons. The minimum atomic E-state index is -0.191. The monoisotopic (exact) mass is 312 g/mol. The summed E-state index contributed by atoms with van der Waals surface area (Å²) in [5.41, 5.74) is 3.00. The largest absolute Gasteiger partial charge is 0.322 e. The van der Waals surface area contributed by atoms with Crippen LogP contribution in [-0.4, -0.2) is 20.9 Å². The van der Waals surface area contributed by atoms with Crippen molar-refractivity contribution >= 4 is 23.2 Å². The molecule has 0 atom stereocenters. The smallest absolute Gasteiger partial charge is 0.255 e. The molecule has 0 bridgehead atoms. The third-order valence-corrected chi connectivity index (χ3v) is 3.41. The van der Waals surface area contributed by atoms with Crippen LogP contribution < -0.4 is 5.32 Å². The van der Waals surface area contributed by atoms with Crippen molar-refractivity contribution in [1.82, 2.24) is 15.0 Å². The first-order valence-electron chi connectivity index (χ1n) is 6.68. The molecule has 1 N–H and O–H groups in total. The number of nitrogens with one attached hydrogen (secondary N) is 1. The van der Waals surface area contributed by atoms with Gasteiger partial charge in [-0.1, -0.05) is 22.9 Å². The minimum Gasteiger partial charge on any atom is -0.322 e. The maximum absolute atomic E-state index is 12.2. The Morgan fingerprint density at radius 3 is 2.59 bits per heavy atom. The predicted molar refractivity (Wildman–Crippen MR) is 85.5 cm³/mol. The van der Waals surface area contributed by atoms with E-state index in [2.05, 4.69) is 15.6 Å². The number of aryl methyl sites for hydroxylation is 1. The van der Waals surface area contributed by atoms with Gasteiger partial charge in [0.1, 0.15) is 0 Å². The van der Waals surface area contributed by atoms with Crippen molar-refractivity contribution in [1.29, 1.82) is 0 Å². The summed E-state index contributed by atoms with van der Waals surface area (Å²) in [6, 6.07) is 14.2. The van der Waals surface area contributed by atoms with Crippen molar-refractivity contribution in [2.75, 3.05) is 5.32 Å². The van der Waals surface area contributed by atoms with Gasteiger partial charge in [-0.3, -0.25) is 4.79 Å². The molecule has 22 heavy (non-hydrogen) atoms. The Bertz CT molecular complexity index is 811. The summed E-state index contributed by atoms with van der Waals surface area (Å²) in [6.07, 6.45) is 1.68. The Hall–Kier alpha value is -2.66. The van der Waals surface area contributed by atoms with Gasteiger partial charge in [-0.25, -0.2) is 4.68 Å². The molecule has 2 aromatic carbocycles. The Morgan fingerprint density at radius 2 is 1.95 bits per heavy atom. The molecule has 3 rings (SSSR count). The third kappa shape index (κ3) is 2.99. The second-order valence-corrected chi connectivity index (χ2v) is 5.23. The standard InChI is InChI=1S/C16H13ClN4O/c1-11-10-18-20-21(11)15-7-5-12(6-8-15)16(22)19-14-4-2-3-13(17)9-14/h2-10H,1H3,(H,19,22). The Morgan fingerprint density at radius 1 is 1.18 bits per heavy atom. The van der Waals surface area contributed by atoms with Crippen molar-refractivity contribution in [3.63, 3.8) is 0 Å². The summed E-state index contributed by atoms with van der Waals surface area (Å²) in [7, 11) is 0. The van der Waals surface area contributed by atoms with Gasteiger partial charge in [0.2, 0.25) is 0 Å². The Balaban J connectivity index is 1.78. The number of amides is 1. The average molecular weight is 313 g/mol. The molecule has 0 spiro atoms. The lowest BCUT2D eigenvalue weighted by Gasteiger charge is -2.07. The highest BCUT2D eigenvalue weighted by atomic mass is 35.5. The van der Waals surface area contributed by atoms with Crippen LogP contribution in [0.25, 0.3) is 5.69 Å². The molecule has 0 radical (unpaired) electrons. The van der Waals surface area contributed by atoms with Crippen molar-refractivity contribution in [2.24, 2.45) is 0 Å². The van der Waals surface area contributed by atoms with Gasteiger partial charge in [0.25, 0.3) is 5.91 Å². The maximum Gasteiger partial charge on any atom is 0.255 e. The molecule has 5 nitrogen and oxygen atoms in total. The summed E-state index contributed by atoms with van der Waals surface area (Å²) in [5.74, 6) is -0.191. The van der Waals surface area contributed by atoms with Crippen molar-refractivity contribution in [3.8, 4) is 5.69 Å². The summed E-state index contributed by atoms with van der Waals surface area (Å²) >= 11 is 5.90. The fourth-order valence-electron chi connectivity index (χ4n) is 2.07. The van der Waals surface area contributed by atoms with Gasteiger partial charge in [-0.05, 0) is 49.4 Å². The van der Waals surface area contributed by atoms with Gasteiger partial charge >= 0.3 is 0 Å². The van der Waals surface area contributed by atoms with E-state index in [1.165, 1.54) is 0 Å². The molecule has 1 aromatic heterocycles. The van der Waals surface area contributed by atoms with Crippen LogP contribution in [0.1, 0.15) is 16.1 Å². The van der Waals surface area contributed by atoms with E-state index in [9.17, 15) is 4.79 Å². The van der Waals surface area contributed by atoms with Crippen LogP contribution in [0, 0.1) is 6.92 Å². The molecule has 0 unspecified atom stereocenters. The minimum absolute atomic E-state index is 0.191. The number of aromatic nitrogens is 3. The van der Waals surface area contributed by atoms with Gasteiger partial charge in [0.05, 0.1) is 17.6 Å². The molecule has 0 saturated heterocycles. The second-order valence-electron chi connectivity index (χ2n) is 4.80. The molecule has 1 heterocycles. The van der Waals surface area contributed by atoms with Crippen molar-refractivity contribution in [3.05, 3.63) is 71.0 Å². The van der Waals surface area contributed by atoms with Gasteiger partial charge in [0, 0.05) is 16.3 Å². The number of rotatable bonds is 3. The SMILES string of the molecule is Cc1cnnn1-c1ccc(C(=O)Nc2cccc(Cl)c2)cc1. The zero-order valence-corrected chi connectivity index (χ0v) is 12.6. The van der Waals surface area contributed by atoms with E-state index in [0.29, 0.717) is 16.3 Å². The number of carbonyl (C=O) groups excluding carboxylic acids is 1. The van der Waals surface area contributed by atoms with Gasteiger partial charge in [-0.2, -0.15) is 0 Å². The van der Waals surface area contributed by atoms with Gasteiger partial charge < -0.3 is 5.32 Å². The normalized spacial score (nSPS) is 10.5. The average Bonchev–Trinajstić information content (AvgIpc) is 2.93. The van der Waals surface area contributed by atoms with E-state index in [4.69, 9.17) is 11.6 Å². The highest BCUT2D eigenvalue weighted by Gasteiger charge is 2.08. The van der Waals surface area contributed by atoms with E-state index in [1.807, 2.05) is 19.1 Å². The van der Waals surface area contributed by atoms with Crippen LogP contribution >= 0.6 is 11.6 Å². The molecule has 3 aromatic rings. The molecule has 6 heteroatoms. The van der Waals surface area contributed by atoms with Crippen LogP contribution in [0.15, 0.2) is 54.7 Å². The van der Waals surface area contributed by atoms with Gasteiger partial charge in [-0.15, -0.1) is 5.10 Å². The summed E-state index contributed by atoms with van der Waals surface area (Å²) < 4.78 is 1.71. The molecule has 0 saturated carbocycles. The van der Waals surface area contributed by atoms with E-state index in [-0.39, 0.29) is 5.91 Å². The van der Waals surface area contributed by atoms with Gasteiger partial charge in [0.15, 0.2) is 0 Å². The first-order chi connectivity index (χ1) is 10.6. The Kier molecular flexibility index (Phi) is 3.89. The first-order valence-corrected chi connectivity index (χ1v) is 7.06. The zero-order valence-electron chi connectivity index (χ0n) is 11.8. The van der Waals surface area contributed by atoms with E-state index >= 15 is 0 Å². The number of hydrogen-bond donors (Lipinski definition) is 1. The van der Waals surface area contributed by atoms with E-state index < -0.39 is 0 Å². The fraction of sp³-hybridized carbons (Fsp3) is 0.0625. The maximum atomic E-state index is 12.2. The van der Waals surface area contributed by atoms with Crippen molar-refractivity contribution < 1.29 is 4.79 Å². The molecular weight excluding hydrogens is 300 g/mol. The lowest BCUT2D eigenvalue weighted by atomic mass is 10.2. The number of carbonyl (C=O) groups is 1. The van der Waals surface area contributed by atoms with Crippen molar-refractivity contribution in [2.45, 2.75) is 6.92 Å². The number of hydrogen-bond acceptors (Lipinski definition) is 3. The van der Waals surface area contributed by atoms with Crippen LogP contribution in [0.3, 0.4) is 0 Å². The second kappa shape index (κ2) is 5.99. The van der Waals surface area contributed by atoms with E-state index in [0.717, 1.165) is 11.4 Å². The van der Waals surface area contributed by atoms with Crippen LogP contribution in [0.2, 0.25) is 5.02 Å². The zero-order chi connectivity index (χ0) is 15.5. The van der Waals surface area contributed by atoms with E-state index in [1.54, 1.807) is 47.3 Å². The molecule has 0 aliphatic heterocycles. The topological polar surface area (TPSA) is 59.8 Å². The summed E-state index contributed by atoms with van der Waals surface area (Å²) in [5, 5.41) is 11.2. The lowest BCUT2D eigenvalue weighted by Crippen LogP contribution is -2.12. The van der Waals surface area contributed by atoms with Crippen LogP contribution in [0.5, 0.6) is 0 Å². The molecule has 1 amide bonds. The van der Waals surface area contributed by atoms with Crippen LogP contribution in [0.4, 0.5) is 5.69 Å². The molecule has 0 aliphatic rings. The quantitative estimate of drug-likeness (QED) is 0.805. The lowest BCUT2D eigenvalue weighted by molar-refractivity contribution is 0.102. The van der Waals surface area contributed by atoms with Crippen LogP contribution in [-0.2, 0) is 0 Å². The fourth-order valence-corrected chi connectivity index (χ4v) is 2.26.